The molecule has 380 valence electrons. The van der Waals surface area contributed by atoms with Crippen LogP contribution in [0.25, 0.3) is 10.4 Å². The number of carbonyl (C=O) groups is 7. The maximum atomic E-state index is 14.8. The van der Waals surface area contributed by atoms with Gasteiger partial charge in [0, 0.05) is 70.5 Å². The monoisotopic (exact) mass is 1020 g/mol. The molecule has 1 aliphatic carbocycles. The number of aliphatic hydroxyl groups excluding tert-OH is 1. The minimum Gasteiger partial charge on any atom is -0.391 e. The summed E-state index contributed by atoms with van der Waals surface area (Å²) in [5.74, 6) is -10.7. The molecule has 1 aromatic heterocycles. The number of halogens is 7. The quantitative estimate of drug-likeness (QED) is 0.255. The van der Waals surface area contributed by atoms with Crippen LogP contribution in [0.1, 0.15) is 77.7 Å². The van der Waals surface area contributed by atoms with Gasteiger partial charge in [-0.3, -0.25) is 38.5 Å². The Morgan fingerprint density at radius 1 is 1.04 bits per heavy atom. The average molecular weight is 1020 g/mol. The lowest BCUT2D eigenvalue weighted by molar-refractivity contribution is -0.299. The molecular formula is C45H57ClF6N8O8S. The first-order valence-electron chi connectivity index (χ1n) is 22.7. The highest BCUT2D eigenvalue weighted by molar-refractivity contribution is 7.13. The normalized spacial score (nSPS) is 27.3. The van der Waals surface area contributed by atoms with Gasteiger partial charge in [0.1, 0.15) is 42.4 Å². The summed E-state index contributed by atoms with van der Waals surface area (Å²) in [6.07, 6.45) is -11.0. The van der Waals surface area contributed by atoms with Crippen LogP contribution in [0.4, 0.5) is 26.3 Å². The summed E-state index contributed by atoms with van der Waals surface area (Å²) in [5, 5.41) is 19.0. The van der Waals surface area contributed by atoms with E-state index in [4.69, 9.17) is 11.6 Å². The Bertz CT molecular complexity index is 2270. The van der Waals surface area contributed by atoms with Crippen LogP contribution < -0.4 is 16.0 Å². The van der Waals surface area contributed by atoms with Crippen molar-refractivity contribution in [3.05, 3.63) is 40.5 Å². The van der Waals surface area contributed by atoms with Crippen molar-refractivity contribution >= 4 is 64.3 Å². The van der Waals surface area contributed by atoms with Crippen LogP contribution in [0.2, 0.25) is 5.02 Å². The number of hydrogen-bond acceptors (Lipinski definition) is 10. The third kappa shape index (κ3) is 11.6. The van der Waals surface area contributed by atoms with Gasteiger partial charge >= 0.3 is 6.18 Å². The Morgan fingerprint density at radius 3 is 2.36 bits per heavy atom. The van der Waals surface area contributed by atoms with Crippen LogP contribution in [0.15, 0.2) is 29.9 Å². The lowest BCUT2D eigenvalue weighted by Gasteiger charge is -2.48. The molecule has 0 radical (unpaired) electrons. The number of alkyl halides is 6. The molecule has 4 fully saturated rings. The average Bonchev–Trinajstić information content (AvgIpc) is 4.03. The molecule has 24 heteroatoms. The van der Waals surface area contributed by atoms with E-state index in [0.717, 1.165) is 9.78 Å². The summed E-state index contributed by atoms with van der Waals surface area (Å²) in [6, 6.07) is -3.36. The number of aliphatic hydroxyl groups is 1. The maximum absolute atomic E-state index is 14.8. The van der Waals surface area contributed by atoms with Crippen LogP contribution in [0.3, 0.4) is 0 Å². The molecule has 0 spiro atoms. The van der Waals surface area contributed by atoms with E-state index >= 15 is 0 Å². The highest BCUT2D eigenvalue weighted by Gasteiger charge is 2.75. The second-order valence-electron chi connectivity index (χ2n) is 19.0. The van der Waals surface area contributed by atoms with E-state index in [2.05, 4.69) is 20.9 Å². The van der Waals surface area contributed by atoms with Crippen LogP contribution in [-0.2, 0) is 40.0 Å². The predicted molar refractivity (Wildman–Crippen MR) is 239 cm³/mol. The van der Waals surface area contributed by atoms with Gasteiger partial charge in [-0.05, 0) is 61.8 Å². The lowest BCUT2D eigenvalue weighted by Crippen LogP contribution is -2.65. The number of nitrogens with zero attached hydrogens (tertiary/aromatic N) is 5. The standard InChI is InChI=1S/C45H57ClF6N8O8S/c1-23(2)12-30-40(66)58(5)34(14-25-13-26(46)9-10-29(25)35-17-53-22-69-35)41(67)59-19-28(61)16-33(59)36(62)54-11-7-6-8-31(37(63)56-30)57(4)39(65)24(3)55-38(64)32-15-27(47)18-60(32)42(68)43(45(50,51)52)20-44(48,49)21-43/h9-10,13,17,22-24,27-28,30-34,61H,6-8,11-12,14-16,18-21H2,1-5H3,(H,54,62)(H,55,64)(H,56,63)/t24-,27+,28-,30-,31-,32-,33-,34-/m0/s1. The number of hydrogen-bond donors (Lipinski definition) is 4. The van der Waals surface area contributed by atoms with Gasteiger partial charge < -0.3 is 40.7 Å². The summed E-state index contributed by atoms with van der Waals surface area (Å²) in [5.41, 5.74) is -0.649. The van der Waals surface area contributed by atoms with Crippen LogP contribution in [-0.4, -0.2) is 165 Å². The van der Waals surface area contributed by atoms with Gasteiger partial charge in [0.25, 0.3) is 5.92 Å². The maximum Gasteiger partial charge on any atom is 0.403 e. The molecule has 69 heavy (non-hydrogen) atoms. The molecule has 4 heterocycles. The van der Waals surface area contributed by atoms with Crippen molar-refractivity contribution in [3.8, 4) is 10.4 Å². The fourth-order valence-electron chi connectivity index (χ4n) is 9.74. The summed E-state index contributed by atoms with van der Waals surface area (Å²) >= 11 is 7.81. The molecule has 3 aliphatic heterocycles. The molecule has 3 saturated heterocycles. The molecule has 4 N–H and O–H groups in total. The number of benzene rings is 1. The van der Waals surface area contributed by atoms with Gasteiger partial charge in [0.05, 0.1) is 23.0 Å². The molecule has 1 aromatic carbocycles. The smallest absolute Gasteiger partial charge is 0.391 e. The Labute approximate surface area is 403 Å². The Balaban J connectivity index is 1.26. The molecule has 1 saturated carbocycles. The first kappa shape index (κ1) is 53.3. The topological polar surface area (TPSA) is 202 Å². The molecule has 0 unspecified atom stereocenters. The van der Waals surface area contributed by atoms with Crippen molar-refractivity contribution in [2.75, 3.05) is 33.7 Å². The van der Waals surface area contributed by atoms with Crippen molar-refractivity contribution in [1.82, 2.24) is 40.5 Å². The molecular weight excluding hydrogens is 962 g/mol. The Hall–Kier alpha value is -5.03. The minimum atomic E-state index is -5.43. The van der Waals surface area contributed by atoms with Gasteiger partial charge in [-0.15, -0.1) is 11.3 Å². The third-order valence-electron chi connectivity index (χ3n) is 13.4. The highest BCUT2D eigenvalue weighted by atomic mass is 35.5. The van der Waals surface area contributed by atoms with Crippen LogP contribution >= 0.6 is 22.9 Å². The van der Waals surface area contributed by atoms with Crippen LogP contribution in [0, 0.1) is 11.3 Å². The van der Waals surface area contributed by atoms with Gasteiger partial charge in [0.15, 0.2) is 5.41 Å². The molecule has 6 rings (SSSR count). The van der Waals surface area contributed by atoms with Crippen molar-refractivity contribution in [3.63, 3.8) is 0 Å². The van der Waals surface area contributed by atoms with Crippen molar-refractivity contribution < 1.29 is 65.0 Å². The number of thiazole rings is 1. The summed E-state index contributed by atoms with van der Waals surface area (Å²) in [4.78, 5) is 107. The SMILES string of the molecule is CC(C)C[C@@H]1NC(=O)[C@@H](N(C)C(=O)[C@H](C)NC(=O)[C@@H]2C[C@@H](F)CN2C(=O)C2(C(F)(F)F)CC(F)(F)C2)CCCCNC(=O)[C@@H]2C[C@H](O)CN2C(=O)[C@H](Cc2cc(Cl)ccc2-c2cncs2)N(C)C1=O. The zero-order valence-electron chi connectivity index (χ0n) is 38.7. The number of carbonyl (C=O) groups excluding carboxylic acids is 7. The summed E-state index contributed by atoms with van der Waals surface area (Å²) in [6.45, 7) is 3.70. The second-order valence-corrected chi connectivity index (χ2v) is 20.3. The predicted octanol–water partition coefficient (Wildman–Crippen LogP) is 3.87. The molecule has 2 aromatic rings. The first-order chi connectivity index (χ1) is 32.2. The van der Waals surface area contributed by atoms with Gasteiger partial charge in [-0.2, -0.15) is 13.2 Å². The van der Waals surface area contributed by atoms with E-state index in [1.807, 2.05) is 0 Å². The van der Waals surface area contributed by atoms with E-state index in [1.54, 1.807) is 43.8 Å². The minimum absolute atomic E-state index is 0.0495. The first-order valence-corrected chi connectivity index (χ1v) is 24.0. The van der Waals surface area contributed by atoms with Crippen molar-refractivity contribution in [2.24, 2.45) is 11.3 Å². The van der Waals surface area contributed by atoms with E-state index in [1.165, 1.54) is 42.2 Å². The largest absolute Gasteiger partial charge is 0.403 e. The van der Waals surface area contributed by atoms with Gasteiger partial charge in [-0.1, -0.05) is 31.5 Å². The number of fused-ring (bicyclic) bond motifs is 1. The highest BCUT2D eigenvalue weighted by Crippen LogP contribution is 2.61. The molecule has 16 nitrogen and oxygen atoms in total. The molecule has 4 aliphatic rings. The number of nitrogens with one attached hydrogen (secondary N) is 3. The van der Waals surface area contributed by atoms with Crippen molar-refractivity contribution in [1.29, 1.82) is 0 Å². The Morgan fingerprint density at radius 2 is 1.74 bits per heavy atom. The fraction of sp³-hybridized carbons (Fsp3) is 0.644. The third-order valence-corrected chi connectivity index (χ3v) is 14.4. The van der Waals surface area contributed by atoms with E-state index in [9.17, 15) is 65.0 Å². The fourth-order valence-corrected chi connectivity index (χ4v) is 10.6. The molecule has 7 amide bonds. The molecule has 8 atom stereocenters. The van der Waals surface area contributed by atoms with E-state index in [-0.39, 0.29) is 57.5 Å². The zero-order valence-corrected chi connectivity index (χ0v) is 40.2. The molecule has 0 bridgehead atoms. The summed E-state index contributed by atoms with van der Waals surface area (Å²) < 4.78 is 84.8. The number of aromatic nitrogens is 1. The van der Waals surface area contributed by atoms with Gasteiger partial charge in [-0.25, -0.2) is 13.2 Å². The van der Waals surface area contributed by atoms with E-state index < -0.39 is 133 Å². The number of amides is 7. The van der Waals surface area contributed by atoms with Crippen molar-refractivity contribution in [2.45, 2.75) is 139 Å². The number of likely N-dealkylation sites (N-methyl/N-ethyl adjacent to an activating group) is 2. The summed E-state index contributed by atoms with van der Waals surface area (Å²) in [7, 11) is 2.63. The zero-order chi connectivity index (χ0) is 50.9. The number of likely N-dealkylation sites (tertiary alicyclic amines) is 1. The van der Waals surface area contributed by atoms with E-state index in [0.29, 0.717) is 21.0 Å². The number of rotatable bonds is 10. The second kappa shape index (κ2) is 21.1. The Kier molecular flexibility index (Phi) is 16.3. The lowest BCUT2D eigenvalue weighted by atomic mass is 9.64. The van der Waals surface area contributed by atoms with Crippen LogP contribution in [0.5, 0.6) is 0 Å². The van der Waals surface area contributed by atoms with Gasteiger partial charge in [0.2, 0.25) is 41.4 Å².